The molecule has 1 aromatic heterocycles. The van der Waals surface area contributed by atoms with Crippen LogP contribution < -0.4 is 5.32 Å². The second kappa shape index (κ2) is 5.48. The molecule has 0 saturated heterocycles. The molecule has 1 heterocycles. The van der Waals surface area contributed by atoms with E-state index in [0.717, 1.165) is 37.0 Å². The van der Waals surface area contributed by atoms with Crippen molar-refractivity contribution in [2.45, 2.75) is 44.9 Å². The largest absolute Gasteiger partial charge is 0.477 e. The van der Waals surface area contributed by atoms with Gasteiger partial charge in [-0.2, -0.15) is 0 Å². The number of nitrogens with zero attached hydrogens (tertiary/aromatic N) is 1. The van der Waals surface area contributed by atoms with Crippen molar-refractivity contribution in [1.29, 1.82) is 0 Å². The molecular weight excluding hydrogens is 252 g/mol. The number of rotatable bonds is 3. The van der Waals surface area contributed by atoms with Gasteiger partial charge >= 0.3 is 5.97 Å². The number of nitrogens with one attached hydrogen (secondary N) is 1. The summed E-state index contributed by atoms with van der Waals surface area (Å²) in [6.45, 7) is 1.39. The first kappa shape index (κ1) is 13.0. The molecular formula is C12H16N2O3S. The zero-order chi connectivity index (χ0) is 13.1. The van der Waals surface area contributed by atoms with Crippen molar-refractivity contribution in [3.8, 4) is 0 Å². The maximum absolute atomic E-state index is 11.2. The highest BCUT2D eigenvalue weighted by atomic mass is 32.1. The van der Waals surface area contributed by atoms with Crippen LogP contribution in [0.15, 0.2) is 0 Å². The number of carbonyl (C=O) groups excluding carboxylic acids is 1. The lowest BCUT2D eigenvalue weighted by atomic mass is 9.86. The fourth-order valence-corrected chi connectivity index (χ4v) is 3.28. The van der Waals surface area contributed by atoms with Crippen molar-refractivity contribution in [2.24, 2.45) is 0 Å². The molecule has 0 spiro atoms. The van der Waals surface area contributed by atoms with Gasteiger partial charge in [-0.15, -0.1) is 0 Å². The van der Waals surface area contributed by atoms with Crippen LogP contribution in [-0.2, 0) is 4.79 Å². The van der Waals surface area contributed by atoms with E-state index in [0.29, 0.717) is 10.8 Å². The fraction of sp³-hybridized carbons (Fsp3) is 0.583. The number of carboxylic acids is 1. The van der Waals surface area contributed by atoms with E-state index < -0.39 is 5.97 Å². The Bertz CT molecular complexity index is 464. The number of anilines is 1. The van der Waals surface area contributed by atoms with Crippen LogP contribution in [0.1, 0.15) is 60.3 Å². The summed E-state index contributed by atoms with van der Waals surface area (Å²) in [4.78, 5) is 26.8. The first-order valence-corrected chi connectivity index (χ1v) is 6.91. The van der Waals surface area contributed by atoms with Crippen molar-refractivity contribution >= 4 is 28.3 Å². The van der Waals surface area contributed by atoms with Gasteiger partial charge in [0.15, 0.2) is 5.13 Å². The minimum absolute atomic E-state index is 0.226. The van der Waals surface area contributed by atoms with Gasteiger partial charge < -0.3 is 10.4 Å². The van der Waals surface area contributed by atoms with Crippen LogP contribution in [0.2, 0.25) is 0 Å². The normalized spacial score (nSPS) is 16.5. The van der Waals surface area contributed by atoms with E-state index in [1.165, 1.54) is 13.3 Å². The van der Waals surface area contributed by atoms with Gasteiger partial charge in [-0.3, -0.25) is 4.79 Å². The summed E-state index contributed by atoms with van der Waals surface area (Å²) in [5, 5.41) is 12.2. The summed E-state index contributed by atoms with van der Waals surface area (Å²) in [6, 6.07) is 0. The third-order valence-electron chi connectivity index (χ3n) is 3.12. The van der Waals surface area contributed by atoms with Gasteiger partial charge in [-0.1, -0.05) is 30.6 Å². The second-order valence-electron chi connectivity index (χ2n) is 4.55. The van der Waals surface area contributed by atoms with Crippen LogP contribution in [0.3, 0.4) is 0 Å². The third kappa shape index (κ3) is 2.87. The molecule has 1 fully saturated rings. The van der Waals surface area contributed by atoms with Crippen LogP contribution in [0.4, 0.5) is 5.13 Å². The second-order valence-corrected chi connectivity index (χ2v) is 5.55. The third-order valence-corrected chi connectivity index (χ3v) is 4.10. The standard InChI is InChI=1S/C12H16N2O3S/c1-7(15)13-12-14-9(10(18-12)11(16)17)8-5-3-2-4-6-8/h8H,2-6H2,1H3,(H,16,17)(H,13,14,15). The Hall–Kier alpha value is -1.43. The number of aromatic carboxylic acids is 1. The Labute approximate surface area is 109 Å². The summed E-state index contributed by atoms with van der Waals surface area (Å²) < 4.78 is 0. The molecule has 1 aromatic rings. The molecule has 1 saturated carbocycles. The Balaban J connectivity index is 2.28. The van der Waals surface area contributed by atoms with Crippen molar-refractivity contribution < 1.29 is 14.7 Å². The van der Waals surface area contributed by atoms with E-state index in [9.17, 15) is 14.7 Å². The molecule has 0 unspecified atom stereocenters. The Morgan fingerprint density at radius 2 is 2.00 bits per heavy atom. The maximum atomic E-state index is 11.2. The smallest absolute Gasteiger partial charge is 0.347 e. The van der Waals surface area contributed by atoms with E-state index in [-0.39, 0.29) is 16.7 Å². The molecule has 98 valence electrons. The van der Waals surface area contributed by atoms with Crippen LogP contribution in [0.25, 0.3) is 0 Å². The van der Waals surface area contributed by atoms with Gasteiger partial charge in [0.1, 0.15) is 4.88 Å². The lowest BCUT2D eigenvalue weighted by molar-refractivity contribution is -0.114. The zero-order valence-corrected chi connectivity index (χ0v) is 11.0. The summed E-state index contributed by atoms with van der Waals surface area (Å²) in [7, 11) is 0. The van der Waals surface area contributed by atoms with E-state index >= 15 is 0 Å². The first-order chi connectivity index (χ1) is 8.58. The molecule has 1 amide bonds. The van der Waals surface area contributed by atoms with Crippen molar-refractivity contribution in [3.63, 3.8) is 0 Å². The molecule has 0 atom stereocenters. The molecule has 0 bridgehead atoms. The average Bonchev–Trinajstić information content (AvgIpc) is 2.73. The maximum Gasteiger partial charge on any atom is 0.347 e. The molecule has 5 nitrogen and oxygen atoms in total. The molecule has 0 aromatic carbocycles. The number of carboxylic acid groups (broad SMARTS) is 1. The number of thiazole rings is 1. The highest BCUT2D eigenvalue weighted by molar-refractivity contribution is 7.17. The number of carbonyl (C=O) groups is 2. The van der Waals surface area contributed by atoms with Crippen LogP contribution in [0.5, 0.6) is 0 Å². The number of hydrogen-bond acceptors (Lipinski definition) is 4. The van der Waals surface area contributed by atoms with Crippen molar-refractivity contribution in [3.05, 3.63) is 10.6 Å². The molecule has 2 N–H and O–H groups in total. The summed E-state index contributed by atoms with van der Waals surface area (Å²) in [6.07, 6.45) is 5.43. The SMILES string of the molecule is CC(=O)Nc1nc(C2CCCCC2)c(C(=O)O)s1. The predicted molar refractivity (Wildman–Crippen MR) is 69.2 cm³/mol. The lowest BCUT2D eigenvalue weighted by Gasteiger charge is -2.20. The molecule has 2 rings (SSSR count). The van der Waals surface area contributed by atoms with E-state index in [4.69, 9.17) is 0 Å². The monoisotopic (exact) mass is 268 g/mol. The number of hydrogen-bond donors (Lipinski definition) is 2. The molecule has 6 heteroatoms. The van der Waals surface area contributed by atoms with Gasteiger partial charge in [0.05, 0.1) is 5.69 Å². The quantitative estimate of drug-likeness (QED) is 0.883. The summed E-state index contributed by atoms with van der Waals surface area (Å²) in [5.41, 5.74) is 0.649. The van der Waals surface area contributed by atoms with Crippen LogP contribution in [-0.4, -0.2) is 22.0 Å². The van der Waals surface area contributed by atoms with E-state index in [1.807, 2.05) is 0 Å². The van der Waals surface area contributed by atoms with Crippen LogP contribution >= 0.6 is 11.3 Å². The fourth-order valence-electron chi connectivity index (χ4n) is 2.34. The Kier molecular flexibility index (Phi) is 3.96. The molecule has 1 aliphatic carbocycles. The summed E-state index contributed by atoms with van der Waals surface area (Å²) in [5.74, 6) is -0.954. The molecule has 18 heavy (non-hydrogen) atoms. The Morgan fingerprint density at radius 3 is 2.56 bits per heavy atom. The number of aromatic nitrogens is 1. The molecule has 1 aliphatic rings. The van der Waals surface area contributed by atoms with Gasteiger partial charge in [0, 0.05) is 12.8 Å². The molecule has 0 aliphatic heterocycles. The minimum atomic E-state index is -0.954. The van der Waals surface area contributed by atoms with Gasteiger partial charge in [0.25, 0.3) is 0 Å². The van der Waals surface area contributed by atoms with Crippen molar-refractivity contribution in [1.82, 2.24) is 4.98 Å². The topological polar surface area (TPSA) is 79.3 Å². The highest BCUT2D eigenvalue weighted by Gasteiger charge is 2.26. The first-order valence-electron chi connectivity index (χ1n) is 6.09. The zero-order valence-electron chi connectivity index (χ0n) is 10.2. The van der Waals surface area contributed by atoms with E-state index in [1.54, 1.807) is 0 Å². The highest BCUT2D eigenvalue weighted by Crippen LogP contribution is 2.37. The lowest BCUT2D eigenvalue weighted by Crippen LogP contribution is -2.10. The van der Waals surface area contributed by atoms with Gasteiger partial charge in [-0.25, -0.2) is 9.78 Å². The summed E-state index contributed by atoms with van der Waals surface area (Å²) >= 11 is 1.05. The van der Waals surface area contributed by atoms with Gasteiger partial charge in [0.2, 0.25) is 5.91 Å². The average molecular weight is 268 g/mol. The Morgan fingerprint density at radius 1 is 1.33 bits per heavy atom. The molecule has 0 radical (unpaired) electrons. The van der Waals surface area contributed by atoms with E-state index in [2.05, 4.69) is 10.3 Å². The van der Waals surface area contributed by atoms with Crippen molar-refractivity contribution in [2.75, 3.05) is 5.32 Å². The van der Waals surface area contributed by atoms with Gasteiger partial charge in [-0.05, 0) is 12.8 Å². The minimum Gasteiger partial charge on any atom is -0.477 e. The van der Waals surface area contributed by atoms with Crippen LogP contribution in [0, 0.1) is 0 Å². The number of amides is 1. The predicted octanol–water partition coefficient (Wildman–Crippen LogP) is 2.85.